The van der Waals surface area contributed by atoms with Crippen molar-refractivity contribution < 1.29 is 9.53 Å². The molecule has 0 spiro atoms. The van der Waals surface area contributed by atoms with Crippen molar-refractivity contribution in [1.29, 1.82) is 0 Å². The highest BCUT2D eigenvalue weighted by Crippen LogP contribution is 2.12. The summed E-state index contributed by atoms with van der Waals surface area (Å²) in [5.74, 6) is 0. The number of rotatable bonds is 3. The Hall–Kier alpha value is -0.770. The number of likely N-dealkylation sites (N-methyl/N-ethyl adjacent to an activating group) is 1. The Kier molecular flexibility index (Phi) is 4.59. The van der Waals surface area contributed by atoms with Crippen LogP contribution in [0.2, 0.25) is 0 Å². The van der Waals surface area contributed by atoms with Crippen molar-refractivity contribution in [3.05, 3.63) is 0 Å². The van der Waals surface area contributed by atoms with Gasteiger partial charge in [-0.1, -0.05) is 0 Å². The van der Waals surface area contributed by atoms with Gasteiger partial charge in [-0.3, -0.25) is 0 Å². The van der Waals surface area contributed by atoms with Gasteiger partial charge >= 0.3 is 6.09 Å². The summed E-state index contributed by atoms with van der Waals surface area (Å²) in [5, 5.41) is 3.39. The zero-order valence-corrected chi connectivity index (χ0v) is 10.9. The van der Waals surface area contributed by atoms with E-state index in [0.29, 0.717) is 12.6 Å². The van der Waals surface area contributed by atoms with Crippen LogP contribution in [0.15, 0.2) is 0 Å². The standard InChI is InChI=1S/C12H24N2O2/c1-5-14(9-10-7-6-8-13-10)11(15)16-12(2,3)4/h10,13H,5-9H2,1-4H3/t10-/m0/s1. The van der Waals surface area contributed by atoms with Crippen molar-refractivity contribution >= 4 is 6.09 Å². The minimum absolute atomic E-state index is 0.205. The van der Waals surface area contributed by atoms with Gasteiger partial charge in [-0.15, -0.1) is 0 Å². The van der Waals surface area contributed by atoms with Crippen LogP contribution in [0.25, 0.3) is 0 Å². The molecule has 1 heterocycles. The number of carbonyl (C=O) groups is 1. The normalized spacial score (nSPS) is 20.9. The fraction of sp³-hybridized carbons (Fsp3) is 0.917. The Morgan fingerprint density at radius 3 is 2.62 bits per heavy atom. The quantitative estimate of drug-likeness (QED) is 0.803. The molecule has 94 valence electrons. The van der Waals surface area contributed by atoms with E-state index < -0.39 is 5.60 Å². The summed E-state index contributed by atoms with van der Waals surface area (Å²) >= 11 is 0. The van der Waals surface area contributed by atoms with Gasteiger partial charge in [0.2, 0.25) is 0 Å². The van der Waals surface area contributed by atoms with E-state index in [0.717, 1.165) is 19.5 Å². The molecule has 0 aromatic carbocycles. The van der Waals surface area contributed by atoms with E-state index in [1.807, 2.05) is 27.7 Å². The molecule has 0 aliphatic carbocycles. The zero-order chi connectivity index (χ0) is 12.2. The highest BCUT2D eigenvalue weighted by Gasteiger charge is 2.24. The first-order valence-electron chi connectivity index (χ1n) is 6.13. The van der Waals surface area contributed by atoms with Crippen molar-refractivity contribution in [2.75, 3.05) is 19.6 Å². The van der Waals surface area contributed by atoms with E-state index in [4.69, 9.17) is 4.74 Å². The van der Waals surface area contributed by atoms with E-state index in [2.05, 4.69) is 5.32 Å². The first kappa shape index (κ1) is 13.3. The number of amides is 1. The number of hydrogen-bond donors (Lipinski definition) is 1. The molecule has 0 unspecified atom stereocenters. The molecule has 0 aromatic heterocycles. The number of nitrogens with one attached hydrogen (secondary N) is 1. The third kappa shape index (κ3) is 4.39. The monoisotopic (exact) mass is 228 g/mol. The van der Waals surface area contributed by atoms with Gasteiger partial charge in [0.15, 0.2) is 0 Å². The molecule has 4 heteroatoms. The van der Waals surface area contributed by atoms with E-state index in [1.54, 1.807) is 4.90 Å². The second-order valence-electron chi connectivity index (χ2n) is 5.31. The molecule has 16 heavy (non-hydrogen) atoms. The summed E-state index contributed by atoms with van der Waals surface area (Å²) in [6.07, 6.45) is 2.15. The van der Waals surface area contributed by atoms with Crippen molar-refractivity contribution in [3.63, 3.8) is 0 Å². The first-order valence-corrected chi connectivity index (χ1v) is 6.13. The minimum atomic E-state index is -0.409. The van der Waals surface area contributed by atoms with Crippen LogP contribution in [-0.4, -0.2) is 42.3 Å². The summed E-state index contributed by atoms with van der Waals surface area (Å²) in [6, 6.07) is 0.437. The lowest BCUT2D eigenvalue weighted by atomic mass is 10.2. The van der Waals surface area contributed by atoms with Gasteiger partial charge in [-0.05, 0) is 47.1 Å². The largest absolute Gasteiger partial charge is 0.444 e. The summed E-state index contributed by atoms with van der Waals surface area (Å²) in [6.45, 7) is 10.2. The Labute approximate surface area is 98.3 Å². The van der Waals surface area contributed by atoms with Crippen molar-refractivity contribution in [1.82, 2.24) is 10.2 Å². The van der Waals surface area contributed by atoms with Gasteiger partial charge in [0, 0.05) is 19.1 Å². The van der Waals surface area contributed by atoms with Crippen LogP contribution in [0, 0.1) is 0 Å². The summed E-state index contributed by atoms with van der Waals surface area (Å²) in [5.41, 5.74) is -0.409. The lowest BCUT2D eigenvalue weighted by Crippen LogP contribution is -2.43. The number of carbonyl (C=O) groups excluding carboxylic acids is 1. The maximum absolute atomic E-state index is 11.9. The third-order valence-corrected chi connectivity index (χ3v) is 2.64. The Morgan fingerprint density at radius 1 is 1.50 bits per heavy atom. The van der Waals surface area contributed by atoms with Gasteiger partial charge in [0.1, 0.15) is 5.60 Å². The van der Waals surface area contributed by atoms with E-state index in [1.165, 1.54) is 6.42 Å². The number of nitrogens with zero attached hydrogens (tertiary/aromatic N) is 1. The maximum Gasteiger partial charge on any atom is 0.410 e. The van der Waals surface area contributed by atoms with E-state index >= 15 is 0 Å². The molecule has 0 radical (unpaired) electrons. The third-order valence-electron chi connectivity index (χ3n) is 2.64. The molecule has 1 atom stereocenters. The molecule has 1 N–H and O–H groups in total. The topological polar surface area (TPSA) is 41.6 Å². The average Bonchev–Trinajstić information content (AvgIpc) is 2.63. The van der Waals surface area contributed by atoms with Crippen molar-refractivity contribution in [3.8, 4) is 0 Å². The fourth-order valence-corrected chi connectivity index (χ4v) is 1.84. The van der Waals surface area contributed by atoms with Crippen molar-refractivity contribution in [2.24, 2.45) is 0 Å². The fourth-order valence-electron chi connectivity index (χ4n) is 1.84. The second kappa shape index (κ2) is 5.53. The van der Waals surface area contributed by atoms with E-state index in [-0.39, 0.29) is 6.09 Å². The molecule has 0 aromatic rings. The summed E-state index contributed by atoms with van der Waals surface area (Å²) in [7, 11) is 0. The lowest BCUT2D eigenvalue weighted by molar-refractivity contribution is 0.0246. The highest BCUT2D eigenvalue weighted by atomic mass is 16.6. The SMILES string of the molecule is CCN(C[C@@H]1CCCN1)C(=O)OC(C)(C)C. The van der Waals surface area contributed by atoms with Gasteiger partial charge in [-0.2, -0.15) is 0 Å². The minimum Gasteiger partial charge on any atom is -0.444 e. The summed E-state index contributed by atoms with van der Waals surface area (Å²) < 4.78 is 5.36. The molecular weight excluding hydrogens is 204 g/mol. The predicted molar refractivity (Wildman–Crippen MR) is 64.5 cm³/mol. The molecule has 1 fully saturated rings. The van der Waals surface area contributed by atoms with Gasteiger partial charge in [-0.25, -0.2) is 4.79 Å². The van der Waals surface area contributed by atoms with Crippen LogP contribution in [0.5, 0.6) is 0 Å². The molecule has 0 bridgehead atoms. The number of hydrogen-bond acceptors (Lipinski definition) is 3. The van der Waals surface area contributed by atoms with Crippen LogP contribution in [0.4, 0.5) is 4.79 Å². The van der Waals surface area contributed by atoms with Gasteiger partial charge in [0.25, 0.3) is 0 Å². The predicted octanol–water partition coefficient (Wildman–Crippen LogP) is 2.00. The summed E-state index contributed by atoms with van der Waals surface area (Å²) in [4.78, 5) is 13.6. The van der Waals surface area contributed by atoms with Crippen LogP contribution in [0.3, 0.4) is 0 Å². The van der Waals surface area contributed by atoms with Gasteiger partial charge < -0.3 is 15.0 Å². The zero-order valence-electron chi connectivity index (χ0n) is 10.9. The van der Waals surface area contributed by atoms with Gasteiger partial charge in [0.05, 0.1) is 0 Å². The second-order valence-corrected chi connectivity index (χ2v) is 5.31. The number of ether oxygens (including phenoxy) is 1. The molecule has 1 aliphatic rings. The Bertz CT molecular complexity index is 230. The van der Waals surface area contributed by atoms with Crippen LogP contribution in [-0.2, 0) is 4.74 Å². The van der Waals surface area contributed by atoms with Crippen LogP contribution in [0.1, 0.15) is 40.5 Å². The average molecular weight is 228 g/mol. The molecule has 1 saturated heterocycles. The molecular formula is C12H24N2O2. The molecule has 1 rings (SSSR count). The molecule has 1 amide bonds. The van der Waals surface area contributed by atoms with Crippen molar-refractivity contribution in [2.45, 2.75) is 52.2 Å². The van der Waals surface area contributed by atoms with Crippen LogP contribution < -0.4 is 5.32 Å². The molecule has 0 saturated carbocycles. The smallest absolute Gasteiger partial charge is 0.410 e. The first-order chi connectivity index (χ1) is 7.42. The Balaban J connectivity index is 2.43. The lowest BCUT2D eigenvalue weighted by Gasteiger charge is -2.28. The maximum atomic E-state index is 11.9. The molecule has 4 nitrogen and oxygen atoms in total. The van der Waals surface area contributed by atoms with Crippen LogP contribution >= 0.6 is 0 Å². The molecule has 1 aliphatic heterocycles. The highest BCUT2D eigenvalue weighted by molar-refractivity contribution is 5.68. The Morgan fingerprint density at radius 2 is 2.19 bits per heavy atom. The van der Waals surface area contributed by atoms with E-state index in [9.17, 15) is 4.79 Å².